The van der Waals surface area contributed by atoms with Crippen LogP contribution in [-0.4, -0.2) is 33.4 Å². The van der Waals surface area contributed by atoms with Crippen molar-refractivity contribution >= 4 is 45.9 Å². The molecule has 1 aliphatic rings. The first-order chi connectivity index (χ1) is 14.5. The van der Waals surface area contributed by atoms with Gasteiger partial charge in [-0.2, -0.15) is 0 Å². The zero-order chi connectivity index (χ0) is 21.1. The molecule has 1 saturated heterocycles. The molecule has 1 fully saturated rings. The van der Waals surface area contributed by atoms with Crippen LogP contribution in [0.4, 0.5) is 5.69 Å². The predicted molar refractivity (Wildman–Crippen MR) is 120 cm³/mol. The quantitative estimate of drug-likeness (QED) is 0.453. The molecule has 6 nitrogen and oxygen atoms in total. The van der Waals surface area contributed by atoms with Crippen molar-refractivity contribution in [1.82, 2.24) is 9.55 Å². The van der Waals surface area contributed by atoms with Gasteiger partial charge in [-0.15, -0.1) is 0 Å². The highest BCUT2D eigenvalue weighted by Crippen LogP contribution is 2.25. The van der Waals surface area contributed by atoms with Gasteiger partial charge >= 0.3 is 0 Å². The number of amides is 1. The molecule has 2 atom stereocenters. The number of hydrogen-bond acceptors (Lipinski definition) is 5. The number of carbonyl (C=O) groups is 1. The predicted octanol–water partition coefficient (Wildman–Crippen LogP) is 4.35. The third-order valence-electron chi connectivity index (χ3n) is 4.98. The number of nitrogens with zero attached hydrogens (tertiary/aromatic N) is 2. The number of nitrogens with one attached hydrogen (secondary N) is 1. The van der Waals surface area contributed by atoms with Crippen molar-refractivity contribution in [2.75, 3.05) is 11.9 Å². The summed E-state index contributed by atoms with van der Waals surface area (Å²) in [6.07, 6.45) is 1.89. The Labute approximate surface area is 183 Å². The Hall–Kier alpha value is -2.35. The topological polar surface area (TPSA) is 73.2 Å². The highest BCUT2D eigenvalue weighted by atomic mass is 35.5. The maximum absolute atomic E-state index is 13.2. The van der Waals surface area contributed by atoms with Gasteiger partial charge in [-0.05, 0) is 50.1 Å². The molecule has 3 aromatic rings. The van der Waals surface area contributed by atoms with E-state index in [0.717, 1.165) is 12.8 Å². The van der Waals surface area contributed by atoms with Crippen molar-refractivity contribution in [3.8, 4) is 0 Å². The van der Waals surface area contributed by atoms with Crippen molar-refractivity contribution in [3.05, 3.63) is 63.9 Å². The number of benzene rings is 2. The summed E-state index contributed by atoms with van der Waals surface area (Å²) in [5.41, 5.74) is 1.14. The minimum Gasteiger partial charge on any atom is -0.376 e. The van der Waals surface area contributed by atoms with Gasteiger partial charge < -0.3 is 10.1 Å². The number of para-hydroxylation sites is 1. The molecule has 1 amide bonds. The molecule has 0 aliphatic carbocycles. The molecule has 30 heavy (non-hydrogen) atoms. The lowest BCUT2D eigenvalue weighted by Crippen LogP contribution is -2.30. The van der Waals surface area contributed by atoms with Gasteiger partial charge in [-0.25, -0.2) is 4.98 Å². The number of rotatable bonds is 6. The molecular formula is C22H22ClN3O3S. The minimum atomic E-state index is -0.465. The molecular weight excluding hydrogens is 422 g/mol. The van der Waals surface area contributed by atoms with Gasteiger partial charge in [0, 0.05) is 17.3 Å². The van der Waals surface area contributed by atoms with Crippen LogP contribution in [0.3, 0.4) is 0 Å². The second-order valence-electron chi connectivity index (χ2n) is 7.22. The summed E-state index contributed by atoms with van der Waals surface area (Å²) in [6.45, 7) is 2.94. The van der Waals surface area contributed by atoms with E-state index in [2.05, 4.69) is 5.32 Å². The first-order valence-electron chi connectivity index (χ1n) is 9.85. The highest BCUT2D eigenvalue weighted by Gasteiger charge is 2.23. The van der Waals surface area contributed by atoms with Crippen LogP contribution in [0.1, 0.15) is 19.8 Å². The first kappa shape index (κ1) is 20.9. The summed E-state index contributed by atoms with van der Waals surface area (Å²) in [5.74, 6) is -0.187. The van der Waals surface area contributed by atoms with Crippen molar-refractivity contribution in [2.45, 2.75) is 42.8 Å². The van der Waals surface area contributed by atoms with Gasteiger partial charge in [-0.1, -0.05) is 41.6 Å². The maximum atomic E-state index is 13.2. The van der Waals surface area contributed by atoms with Gasteiger partial charge in [0.25, 0.3) is 5.56 Å². The molecule has 1 N–H and O–H groups in total. The molecule has 4 rings (SSSR count). The molecule has 2 unspecified atom stereocenters. The average molecular weight is 444 g/mol. The highest BCUT2D eigenvalue weighted by molar-refractivity contribution is 8.00. The molecule has 1 aromatic heterocycles. The molecule has 1 aliphatic heterocycles. The first-order valence-corrected chi connectivity index (χ1v) is 11.1. The average Bonchev–Trinajstić information content (AvgIpc) is 3.24. The summed E-state index contributed by atoms with van der Waals surface area (Å²) < 4.78 is 7.38. The smallest absolute Gasteiger partial charge is 0.262 e. The van der Waals surface area contributed by atoms with E-state index in [1.807, 2.05) is 18.2 Å². The van der Waals surface area contributed by atoms with Gasteiger partial charge in [-0.3, -0.25) is 14.2 Å². The standard InChI is InChI=1S/C22H22ClN3O3S/c1-14(20(27)24-16-7-4-6-15(23)12-16)30-22-25-19-10-3-2-9-18(19)21(28)26(22)13-17-8-5-11-29-17/h2-4,6-7,9-10,12,14,17H,5,8,11,13H2,1H3,(H,24,27). The number of hydrogen-bond donors (Lipinski definition) is 1. The van der Waals surface area contributed by atoms with Gasteiger partial charge in [0.1, 0.15) is 0 Å². The summed E-state index contributed by atoms with van der Waals surface area (Å²) in [7, 11) is 0. The van der Waals surface area contributed by atoms with Crippen LogP contribution < -0.4 is 10.9 Å². The van der Waals surface area contributed by atoms with Crippen LogP contribution in [-0.2, 0) is 16.1 Å². The Kier molecular flexibility index (Phi) is 6.41. The lowest BCUT2D eigenvalue weighted by Gasteiger charge is -2.18. The zero-order valence-corrected chi connectivity index (χ0v) is 18.1. The normalized spacial score (nSPS) is 17.2. The van der Waals surface area contributed by atoms with Crippen LogP contribution in [0.15, 0.2) is 58.5 Å². The SMILES string of the molecule is CC(Sc1nc2ccccc2c(=O)n1CC1CCCO1)C(=O)Nc1cccc(Cl)c1. The van der Waals surface area contributed by atoms with Crippen LogP contribution in [0.5, 0.6) is 0 Å². The lowest BCUT2D eigenvalue weighted by molar-refractivity contribution is -0.115. The Morgan fingerprint density at radius 1 is 1.33 bits per heavy atom. The Morgan fingerprint density at radius 3 is 2.93 bits per heavy atom. The van der Waals surface area contributed by atoms with E-state index in [4.69, 9.17) is 21.3 Å². The van der Waals surface area contributed by atoms with E-state index in [-0.39, 0.29) is 17.6 Å². The number of ether oxygens (including phenoxy) is 1. The van der Waals surface area contributed by atoms with Gasteiger partial charge in [0.2, 0.25) is 5.91 Å². The number of carbonyl (C=O) groups excluding carboxylic acids is 1. The van der Waals surface area contributed by atoms with Crippen molar-refractivity contribution in [3.63, 3.8) is 0 Å². The summed E-state index contributed by atoms with van der Waals surface area (Å²) >= 11 is 7.26. The van der Waals surface area contributed by atoms with E-state index in [1.165, 1.54) is 11.8 Å². The van der Waals surface area contributed by atoms with Crippen LogP contribution in [0, 0.1) is 0 Å². The second kappa shape index (κ2) is 9.20. The summed E-state index contributed by atoms with van der Waals surface area (Å²) in [6, 6.07) is 14.3. The Bertz CT molecular complexity index is 1130. The van der Waals surface area contributed by atoms with Crippen molar-refractivity contribution in [1.29, 1.82) is 0 Å². The third-order valence-corrected chi connectivity index (χ3v) is 6.31. The van der Waals surface area contributed by atoms with E-state index in [1.54, 1.807) is 41.8 Å². The number of halogens is 1. The van der Waals surface area contributed by atoms with E-state index in [0.29, 0.717) is 39.9 Å². The molecule has 8 heteroatoms. The van der Waals surface area contributed by atoms with Gasteiger partial charge in [0.05, 0.1) is 28.8 Å². The zero-order valence-electron chi connectivity index (χ0n) is 16.5. The Morgan fingerprint density at radius 2 is 2.17 bits per heavy atom. The third kappa shape index (κ3) is 4.69. The molecule has 156 valence electrons. The Balaban J connectivity index is 1.61. The maximum Gasteiger partial charge on any atom is 0.262 e. The fourth-order valence-corrected chi connectivity index (χ4v) is 4.52. The van der Waals surface area contributed by atoms with E-state index >= 15 is 0 Å². The number of thioether (sulfide) groups is 1. The monoisotopic (exact) mass is 443 g/mol. The number of fused-ring (bicyclic) bond motifs is 1. The van der Waals surface area contributed by atoms with Crippen LogP contribution >= 0.6 is 23.4 Å². The largest absolute Gasteiger partial charge is 0.376 e. The lowest BCUT2D eigenvalue weighted by atomic mass is 10.2. The second-order valence-corrected chi connectivity index (χ2v) is 8.97. The number of anilines is 1. The van der Waals surface area contributed by atoms with Crippen molar-refractivity contribution < 1.29 is 9.53 Å². The van der Waals surface area contributed by atoms with Crippen molar-refractivity contribution in [2.24, 2.45) is 0 Å². The molecule has 0 spiro atoms. The van der Waals surface area contributed by atoms with Crippen LogP contribution in [0.2, 0.25) is 5.02 Å². The summed E-state index contributed by atoms with van der Waals surface area (Å²) in [4.78, 5) is 30.6. The fourth-order valence-electron chi connectivity index (χ4n) is 3.41. The number of aromatic nitrogens is 2. The molecule has 2 aromatic carbocycles. The van der Waals surface area contributed by atoms with Crippen LogP contribution in [0.25, 0.3) is 10.9 Å². The summed E-state index contributed by atoms with van der Waals surface area (Å²) in [5, 5.41) is 4.03. The van der Waals surface area contributed by atoms with E-state index < -0.39 is 5.25 Å². The molecule has 0 saturated carbocycles. The minimum absolute atomic E-state index is 0.0133. The molecule has 0 radical (unpaired) electrons. The fraction of sp³-hybridized carbons (Fsp3) is 0.318. The molecule has 0 bridgehead atoms. The van der Waals surface area contributed by atoms with Gasteiger partial charge in [0.15, 0.2) is 5.16 Å². The van der Waals surface area contributed by atoms with E-state index in [9.17, 15) is 9.59 Å². The molecule has 2 heterocycles.